The highest BCUT2D eigenvalue weighted by molar-refractivity contribution is 6.34. The number of rotatable bonds is 0. The van der Waals surface area contributed by atoms with E-state index in [4.69, 9.17) is 5.73 Å². The van der Waals surface area contributed by atoms with Crippen molar-refractivity contribution in [1.82, 2.24) is 4.90 Å². The van der Waals surface area contributed by atoms with Gasteiger partial charge in [0.15, 0.2) is 0 Å². The maximum atomic E-state index is 11.7. The zero-order chi connectivity index (χ0) is 11.6. The SMILES string of the molecule is CC1CCCCN(C(=O)C(N)=O)C1(C)C. The Morgan fingerprint density at radius 3 is 2.47 bits per heavy atom. The molecule has 1 aliphatic rings. The van der Waals surface area contributed by atoms with Gasteiger partial charge in [-0.15, -0.1) is 0 Å². The number of nitrogens with two attached hydrogens (primary N) is 1. The smallest absolute Gasteiger partial charge is 0.312 e. The molecular weight excluding hydrogens is 192 g/mol. The Bertz CT molecular complexity index is 274. The summed E-state index contributed by atoms with van der Waals surface area (Å²) in [7, 11) is 0. The van der Waals surface area contributed by atoms with E-state index in [1.54, 1.807) is 4.90 Å². The lowest BCUT2D eigenvalue weighted by molar-refractivity contribution is -0.148. The average molecular weight is 212 g/mol. The van der Waals surface area contributed by atoms with Crippen molar-refractivity contribution in [2.45, 2.75) is 45.6 Å². The molecule has 4 heteroatoms. The van der Waals surface area contributed by atoms with Crippen molar-refractivity contribution in [2.75, 3.05) is 6.54 Å². The molecule has 0 bridgehead atoms. The zero-order valence-electron chi connectivity index (χ0n) is 9.75. The molecule has 86 valence electrons. The van der Waals surface area contributed by atoms with E-state index in [1.165, 1.54) is 0 Å². The standard InChI is InChI=1S/C11H20N2O2/c1-8-6-4-5-7-13(11(8,2)3)10(15)9(12)14/h8H,4-7H2,1-3H3,(H2,12,14). The van der Waals surface area contributed by atoms with Crippen molar-refractivity contribution in [3.8, 4) is 0 Å². The largest absolute Gasteiger partial charge is 0.361 e. The molecule has 1 aliphatic heterocycles. The highest BCUT2D eigenvalue weighted by Gasteiger charge is 2.38. The molecule has 0 aromatic heterocycles. The maximum absolute atomic E-state index is 11.7. The molecule has 0 aromatic carbocycles. The van der Waals surface area contributed by atoms with Gasteiger partial charge in [-0.25, -0.2) is 0 Å². The number of hydrogen-bond acceptors (Lipinski definition) is 2. The molecule has 1 fully saturated rings. The second kappa shape index (κ2) is 4.21. The number of amides is 2. The normalized spacial score (nSPS) is 25.8. The zero-order valence-corrected chi connectivity index (χ0v) is 9.75. The molecule has 0 aromatic rings. The first-order chi connectivity index (χ1) is 6.87. The molecule has 15 heavy (non-hydrogen) atoms. The molecule has 1 heterocycles. The van der Waals surface area contributed by atoms with Crippen molar-refractivity contribution >= 4 is 11.8 Å². The van der Waals surface area contributed by atoms with Crippen LogP contribution in [0.3, 0.4) is 0 Å². The van der Waals surface area contributed by atoms with Gasteiger partial charge >= 0.3 is 11.8 Å². The third-order valence-corrected chi connectivity index (χ3v) is 3.63. The summed E-state index contributed by atoms with van der Waals surface area (Å²) in [5, 5.41) is 0. The number of primary amides is 1. The van der Waals surface area contributed by atoms with Gasteiger partial charge in [0.1, 0.15) is 0 Å². The quantitative estimate of drug-likeness (QED) is 0.606. The van der Waals surface area contributed by atoms with Gasteiger partial charge in [-0.2, -0.15) is 0 Å². The highest BCUT2D eigenvalue weighted by Crippen LogP contribution is 2.31. The molecule has 1 rings (SSSR count). The van der Waals surface area contributed by atoms with Gasteiger partial charge in [0, 0.05) is 12.1 Å². The van der Waals surface area contributed by atoms with Crippen molar-refractivity contribution in [3.05, 3.63) is 0 Å². The van der Waals surface area contributed by atoms with Crippen LogP contribution in [0.15, 0.2) is 0 Å². The van der Waals surface area contributed by atoms with E-state index < -0.39 is 11.8 Å². The third kappa shape index (κ3) is 2.30. The number of carbonyl (C=O) groups is 2. The van der Waals surface area contributed by atoms with E-state index in [1.807, 2.05) is 13.8 Å². The molecule has 2 amide bonds. The van der Waals surface area contributed by atoms with Crippen LogP contribution in [0.1, 0.15) is 40.0 Å². The van der Waals surface area contributed by atoms with Crippen LogP contribution in [-0.4, -0.2) is 28.8 Å². The lowest BCUT2D eigenvalue weighted by Gasteiger charge is -2.40. The Morgan fingerprint density at radius 2 is 1.93 bits per heavy atom. The molecule has 1 saturated heterocycles. The van der Waals surface area contributed by atoms with Crippen molar-refractivity contribution in [3.63, 3.8) is 0 Å². The first kappa shape index (κ1) is 12.0. The van der Waals surface area contributed by atoms with Gasteiger partial charge in [0.2, 0.25) is 0 Å². The molecule has 2 N–H and O–H groups in total. The average Bonchev–Trinajstić information content (AvgIpc) is 2.26. The minimum atomic E-state index is -0.850. The number of hydrogen-bond donors (Lipinski definition) is 1. The van der Waals surface area contributed by atoms with Crippen LogP contribution in [0.2, 0.25) is 0 Å². The first-order valence-corrected chi connectivity index (χ1v) is 5.48. The van der Waals surface area contributed by atoms with Gasteiger partial charge in [-0.1, -0.05) is 13.3 Å². The molecule has 4 nitrogen and oxygen atoms in total. The Morgan fingerprint density at radius 1 is 1.33 bits per heavy atom. The van der Waals surface area contributed by atoms with E-state index in [2.05, 4.69) is 6.92 Å². The fourth-order valence-electron chi connectivity index (χ4n) is 2.12. The van der Waals surface area contributed by atoms with Crippen LogP contribution in [0, 0.1) is 5.92 Å². The Labute approximate surface area is 90.8 Å². The van der Waals surface area contributed by atoms with Crippen LogP contribution >= 0.6 is 0 Å². The fraction of sp³-hybridized carbons (Fsp3) is 0.818. The molecule has 1 unspecified atom stereocenters. The van der Waals surface area contributed by atoms with E-state index in [9.17, 15) is 9.59 Å². The van der Waals surface area contributed by atoms with Gasteiger partial charge in [-0.3, -0.25) is 9.59 Å². The summed E-state index contributed by atoms with van der Waals surface area (Å²) < 4.78 is 0. The van der Waals surface area contributed by atoms with Gasteiger partial charge < -0.3 is 10.6 Å². The summed E-state index contributed by atoms with van der Waals surface area (Å²) >= 11 is 0. The summed E-state index contributed by atoms with van der Waals surface area (Å²) in [6.07, 6.45) is 3.15. The van der Waals surface area contributed by atoms with Gasteiger partial charge in [-0.05, 0) is 32.6 Å². The van der Waals surface area contributed by atoms with Gasteiger partial charge in [0.05, 0.1) is 0 Å². The number of carbonyl (C=O) groups excluding carboxylic acids is 2. The van der Waals surface area contributed by atoms with E-state index in [-0.39, 0.29) is 5.54 Å². The summed E-state index contributed by atoms with van der Waals surface area (Å²) in [4.78, 5) is 24.2. The minimum absolute atomic E-state index is 0.275. The summed E-state index contributed by atoms with van der Waals surface area (Å²) in [6.45, 7) is 6.76. The Balaban J connectivity index is 2.93. The Kier molecular flexibility index (Phi) is 3.37. The monoisotopic (exact) mass is 212 g/mol. The van der Waals surface area contributed by atoms with Crippen molar-refractivity contribution in [2.24, 2.45) is 11.7 Å². The fourth-order valence-corrected chi connectivity index (χ4v) is 2.12. The second-order valence-electron chi connectivity index (χ2n) is 4.87. The van der Waals surface area contributed by atoms with E-state index >= 15 is 0 Å². The molecule has 1 atom stereocenters. The van der Waals surface area contributed by atoms with Crippen LogP contribution in [0.25, 0.3) is 0 Å². The number of nitrogens with zero attached hydrogens (tertiary/aromatic N) is 1. The van der Waals surface area contributed by atoms with E-state index in [0.717, 1.165) is 19.3 Å². The van der Waals surface area contributed by atoms with E-state index in [0.29, 0.717) is 12.5 Å². The van der Waals surface area contributed by atoms with Crippen LogP contribution in [0.5, 0.6) is 0 Å². The second-order valence-corrected chi connectivity index (χ2v) is 4.87. The van der Waals surface area contributed by atoms with Crippen molar-refractivity contribution < 1.29 is 9.59 Å². The summed E-state index contributed by atoms with van der Waals surface area (Å²) in [6, 6.07) is 0. The lowest BCUT2D eigenvalue weighted by atomic mass is 9.85. The molecule has 0 spiro atoms. The number of likely N-dealkylation sites (tertiary alicyclic amines) is 1. The van der Waals surface area contributed by atoms with Gasteiger partial charge in [0.25, 0.3) is 0 Å². The minimum Gasteiger partial charge on any atom is -0.361 e. The van der Waals surface area contributed by atoms with Crippen molar-refractivity contribution in [1.29, 1.82) is 0 Å². The molecule has 0 aliphatic carbocycles. The Hall–Kier alpha value is -1.06. The predicted molar refractivity (Wildman–Crippen MR) is 58.0 cm³/mol. The topological polar surface area (TPSA) is 63.4 Å². The predicted octanol–water partition coefficient (Wildman–Crippen LogP) is 0.899. The lowest BCUT2D eigenvalue weighted by Crippen LogP contribution is -2.54. The molecule has 0 saturated carbocycles. The molecular formula is C11H20N2O2. The summed E-state index contributed by atoms with van der Waals surface area (Å²) in [5.74, 6) is -1.01. The highest BCUT2D eigenvalue weighted by atomic mass is 16.2. The molecule has 0 radical (unpaired) electrons. The summed E-state index contributed by atoms with van der Waals surface area (Å²) in [5.41, 5.74) is 4.78. The first-order valence-electron chi connectivity index (χ1n) is 5.48. The van der Waals surface area contributed by atoms with Crippen LogP contribution in [-0.2, 0) is 9.59 Å². The maximum Gasteiger partial charge on any atom is 0.312 e. The third-order valence-electron chi connectivity index (χ3n) is 3.63. The van der Waals surface area contributed by atoms with Crippen LogP contribution < -0.4 is 5.73 Å². The van der Waals surface area contributed by atoms with Crippen LogP contribution in [0.4, 0.5) is 0 Å².